The second kappa shape index (κ2) is 9.96. The van der Waals surface area contributed by atoms with Gasteiger partial charge in [-0.05, 0) is 35.7 Å². The van der Waals surface area contributed by atoms with Gasteiger partial charge in [0.05, 0.1) is 19.2 Å². The van der Waals surface area contributed by atoms with Gasteiger partial charge in [-0.2, -0.15) is 0 Å². The van der Waals surface area contributed by atoms with Gasteiger partial charge in [0, 0.05) is 13.0 Å². The molecule has 3 N–H and O–H groups in total. The first-order valence-corrected chi connectivity index (χ1v) is 8.47. The number of carboxylic acids is 1. The summed E-state index contributed by atoms with van der Waals surface area (Å²) in [5.41, 5.74) is 1.69. The SMILES string of the molecule is COc1ccc(CNC(=O)CNC(=O)CCc2ccccc2C(=O)O)cc1. The van der Waals surface area contributed by atoms with Crippen molar-refractivity contribution in [3.05, 3.63) is 65.2 Å². The fourth-order valence-corrected chi connectivity index (χ4v) is 2.47. The van der Waals surface area contributed by atoms with Crippen molar-refractivity contribution in [2.24, 2.45) is 0 Å². The predicted octanol–water partition coefficient (Wildman–Crippen LogP) is 1.76. The highest BCUT2D eigenvalue weighted by Gasteiger charge is 2.11. The van der Waals surface area contributed by atoms with E-state index >= 15 is 0 Å². The quantitative estimate of drug-likeness (QED) is 0.624. The molecule has 0 bridgehead atoms. The van der Waals surface area contributed by atoms with Gasteiger partial charge in [0.15, 0.2) is 0 Å². The highest BCUT2D eigenvalue weighted by Crippen LogP contribution is 2.12. The van der Waals surface area contributed by atoms with Crippen LogP contribution in [0.15, 0.2) is 48.5 Å². The molecular weight excluding hydrogens is 348 g/mol. The molecule has 0 saturated heterocycles. The molecule has 0 aliphatic heterocycles. The Morgan fingerprint density at radius 3 is 2.33 bits per heavy atom. The predicted molar refractivity (Wildman–Crippen MR) is 99.6 cm³/mol. The van der Waals surface area contributed by atoms with Crippen LogP contribution in [-0.2, 0) is 22.6 Å². The van der Waals surface area contributed by atoms with E-state index in [1.807, 2.05) is 12.1 Å². The van der Waals surface area contributed by atoms with Crippen molar-refractivity contribution in [1.82, 2.24) is 10.6 Å². The van der Waals surface area contributed by atoms with E-state index in [0.717, 1.165) is 11.3 Å². The Labute approximate surface area is 157 Å². The van der Waals surface area contributed by atoms with Gasteiger partial charge >= 0.3 is 5.97 Å². The third-order valence-electron chi connectivity index (χ3n) is 3.96. The first-order chi connectivity index (χ1) is 13.0. The molecule has 0 heterocycles. The number of aryl methyl sites for hydroxylation is 1. The molecule has 142 valence electrons. The van der Waals surface area contributed by atoms with Crippen molar-refractivity contribution < 1.29 is 24.2 Å². The maximum absolute atomic E-state index is 11.9. The number of hydrogen-bond acceptors (Lipinski definition) is 4. The van der Waals surface area contributed by atoms with Crippen LogP contribution in [0.3, 0.4) is 0 Å². The topological polar surface area (TPSA) is 105 Å². The van der Waals surface area contributed by atoms with Crippen LogP contribution in [-0.4, -0.2) is 36.5 Å². The molecule has 27 heavy (non-hydrogen) atoms. The van der Waals surface area contributed by atoms with E-state index in [0.29, 0.717) is 18.5 Å². The number of rotatable bonds is 9. The summed E-state index contributed by atoms with van der Waals surface area (Å²) < 4.78 is 5.07. The van der Waals surface area contributed by atoms with E-state index in [2.05, 4.69) is 10.6 Å². The maximum atomic E-state index is 11.9. The first kappa shape index (κ1) is 20.0. The Morgan fingerprint density at radius 1 is 0.963 bits per heavy atom. The number of hydrogen-bond donors (Lipinski definition) is 3. The summed E-state index contributed by atoms with van der Waals surface area (Å²) >= 11 is 0. The molecular formula is C20H22N2O5. The van der Waals surface area contributed by atoms with E-state index in [4.69, 9.17) is 9.84 Å². The summed E-state index contributed by atoms with van der Waals surface area (Å²) in [7, 11) is 1.58. The van der Waals surface area contributed by atoms with Gasteiger partial charge < -0.3 is 20.5 Å². The van der Waals surface area contributed by atoms with E-state index in [-0.39, 0.29) is 30.3 Å². The number of benzene rings is 2. The fourth-order valence-electron chi connectivity index (χ4n) is 2.47. The van der Waals surface area contributed by atoms with E-state index in [9.17, 15) is 14.4 Å². The summed E-state index contributed by atoms with van der Waals surface area (Å²) in [4.78, 5) is 34.9. The molecule has 2 rings (SSSR count). The molecule has 7 nitrogen and oxygen atoms in total. The number of ether oxygens (including phenoxy) is 1. The van der Waals surface area contributed by atoms with Crippen LogP contribution in [0.25, 0.3) is 0 Å². The van der Waals surface area contributed by atoms with Crippen molar-refractivity contribution in [3.63, 3.8) is 0 Å². The minimum Gasteiger partial charge on any atom is -0.497 e. The van der Waals surface area contributed by atoms with Gasteiger partial charge in [-0.25, -0.2) is 4.79 Å². The Bertz CT molecular complexity index is 802. The summed E-state index contributed by atoms with van der Waals surface area (Å²) in [5, 5.41) is 14.4. The van der Waals surface area contributed by atoms with Gasteiger partial charge in [0.1, 0.15) is 5.75 Å². The van der Waals surface area contributed by atoms with Gasteiger partial charge in [-0.1, -0.05) is 30.3 Å². The lowest BCUT2D eigenvalue weighted by Gasteiger charge is -2.08. The standard InChI is InChI=1S/C20H22N2O5/c1-27-16-9-6-14(7-10-16)12-21-19(24)13-22-18(23)11-8-15-4-2-3-5-17(15)20(25)26/h2-7,9-10H,8,11-13H2,1H3,(H,21,24)(H,22,23)(H,25,26). The highest BCUT2D eigenvalue weighted by molar-refractivity contribution is 5.89. The molecule has 0 unspecified atom stereocenters. The molecule has 0 fully saturated rings. The van der Waals surface area contributed by atoms with Crippen molar-refractivity contribution >= 4 is 17.8 Å². The number of carbonyl (C=O) groups excluding carboxylic acids is 2. The zero-order valence-electron chi connectivity index (χ0n) is 15.0. The minimum atomic E-state index is -1.02. The number of nitrogens with one attached hydrogen (secondary N) is 2. The number of carbonyl (C=O) groups is 3. The monoisotopic (exact) mass is 370 g/mol. The minimum absolute atomic E-state index is 0.107. The number of methoxy groups -OCH3 is 1. The summed E-state index contributed by atoms with van der Waals surface area (Å²) in [6, 6.07) is 13.8. The van der Waals surface area contributed by atoms with Crippen molar-refractivity contribution in [3.8, 4) is 5.75 Å². The lowest BCUT2D eigenvalue weighted by Crippen LogP contribution is -2.36. The maximum Gasteiger partial charge on any atom is 0.335 e. The normalized spacial score (nSPS) is 10.1. The average Bonchev–Trinajstić information content (AvgIpc) is 2.69. The molecule has 0 aromatic heterocycles. The third-order valence-corrected chi connectivity index (χ3v) is 3.96. The molecule has 0 radical (unpaired) electrons. The molecule has 2 aromatic rings. The van der Waals surface area contributed by atoms with Gasteiger partial charge in [-0.15, -0.1) is 0 Å². The Hall–Kier alpha value is -3.35. The molecule has 0 aliphatic rings. The van der Waals surface area contributed by atoms with Crippen LogP contribution in [0, 0.1) is 0 Å². The Kier molecular flexibility index (Phi) is 7.37. The molecule has 0 saturated carbocycles. The zero-order chi connectivity index (χ0) is 19.6. The van der Waals surface area contributed by atoms with Crippen molar-refractivity contribution in [1.29, 1.82) is 0 Å². The van der Waals surface area contributed by atoms with Crippen LogP contribution in [0.4, 0.5) is 0 Å². The van der Waals surface area contributed by atoms with E-state index in [1.165, 1.54) is 6.07 Å². The highest BCUT2D eigenvalue weighted by atomic mass is 16.5. The molecule has 0 spiro atoms. The summed E-state index contributed by atoms with van der Waals surface area (Å²) in [6.45, 7) is 0.222. The van der Waals surface area contributed by atoms with Crippen LogP contribution < -0.4 is 15.4 Å². The van der Waals surface area contributed by atoms with Crippen LogP contribution >= 0.6 is 0 Å². The fraction of sp³-hybridized carbons (Fsp3) is 0.250. The molecule has 2 aromatic carbocycles. The van der Waals surface area contributed by atoms with Gasteiger partial charge in [-0.3, -0.25) is 9.59 Å². The molecule has 7 heteroatoms. The molecule has 0 aliphatic carbocycles. The van der Waals surface area contributed by atoms with Crippen LogP contribution in [0.5, 0.6) is 5.75 Å². The largest absolute Gasteiger partial charge is 0.497 e. The Balaban J connectivity index is 1.71. The van der Waals surface area contributed by atoms with Crippen molar-refractivity contribution in [2.45, 2.75) is 19.4 Å². The number of amides is 2. The van der Waals surface area contributed by atoms with E-state index in [1.54, 1.807) is 37.4 Å². The average molecular weight is 370 g/mol. The van der Waals surface area contributed by atoms with Gasteiger partial charge in [0.2, 0.25) is 11.8 Å². The van der Waals surface area contributed by atoms with E-state index < -0.39 is 5.97 Å². The molecule has 0 atom stereocenters. The summed E-state index contributed by atoms with van der Waals surface area (Å²) in [5.74, 6) is -0.898. The van der Waals surface area contributed by atoms with Crippen LogP contribution in [0.1, 0.15) is 27.9 Å². The first-order valence-electron chi connectivity index (χ1n) is 8.47. The lowest BCUT2D eigenvalue weighted by molar-refractivity contribution is -0.126. The Morgan fingerprint density at radius 2 is 1.67 bits per heavy atom. The zero-order valence-corrected chi connectivity index (χ0v) is 15.0. The van der Waals surface area contributed by atoms with Crippen molar-refractivity contribution in [2.75, 3.05) is 13.7 Å². The van der Waals surface area contributed by atoms with Gasteiger partial charge in [0.25, 0.3) is 0 Å². The second-order valence-corrected chi connectivity index (χ2v) is 5.86. The van der Waals surface area contributed by atoms with Crippen LogP contribution in [0.2, 0.25) is 0 Å². The summed E-state index contributed by atoms with van der Waals surface area (Å²) in [6.07, 6.45) is 0.401. The third kappa shape index (κ3) is 6.47. The second-order valence-electron chi connectivity index (χ2n) is 5.86. The smallest absolute Gasteiger partial charge is 0.335 e. The molecule has 2 amide bonds. The lowest BCUT2D eigenvalue weighted by atomic mass is 10.0. The number of aromatic carboxylic acids is 1. The number of carboxylic acid groups (broad SMARTS) is 1.